The lowest BCUT2D eigenvalue weighted by molar-refractivity contribution is 0.622. The highest BCUT2D eigenvalue weighted by Gasteiger charge is 2.16. The molecule has 0 atom stereocenters. The van der Waals surface area contributed by atoms with E-state index in [0.717, 1.165) is 42.6 Å². The molecule has 0 bridgehead atoms. The van der Waals surface area contributed by atoms with E-state index in [0.29, 0.717) is 11.4 Å². The predicted molar refractivity (Wildman–Crippen MR) is 121 cm³/mol. The normalized spacial score (nSPS) is 11.2. The molecule has 0 N–H and O–H groups in total. The maximum Gasteiger partial charge on any atom is 0.144 e. The van der Waals surface area contributed by atoms with Crippen molar-refractivity contribution < 1.29 is 4.39 Å². The molecule has 0 saturated carbocycles. The van der Waals surface area contributed by atoms with Gasteiger partial charge in [0.2, 0.25) is 0 Å². The van der Waals surface area contributed by atoms with Crippen molar-refractivity contribution in [3.05, 3.63) is 84.2 Å². The molecule has 2 nitrogen and oxygen atoms in total. The molecule has 0 aliphatic rings. The average molecular weight is 405 g/mol. The highest BCUT2D eigenvalue weighted by atomic mass is 32.2. The number of fused-ring (bicyclic) bond motifs is 1. The summed E-state index contributed by atoms with van der Waals surface area (Å²) in [4.78, 5) is 6.04. The molecule has 29 heavy (non-hydrogen) atoms. The Morgan fingerprint density at radius 3 is 2.55 bits per heavy atom. The number of rotatable bonds is 8. The van der Waals surface area contributed by atoms with E-state index >= 15 is 0 Å². The van der Waals surface area contributed by atoms with Crippen molar-refractivity contribution in [2.24, 2.45) is 0 Å². The zero-order valence-corrected chi connectivity index (χ0v) is 17.5. The zero-order valence-electron chi connectivity index (χ0n) is 16.6. The van der Waals surface area contributed by atoms with Gasteiger partial charge in [-0.25, -0.2) is 9.37 Å². The minimum atomic E-state index is -0.229. The van der Waals surface area contributed by atoms with E-state index in [9.17, 15) is 4.39 Å². The third-order valence-electron chi connectivity index (χ3n) is 5.00. The van der Waals surface area contributed by atoms with Gasteiger partial charge < -0.3 is 4.57 Å². The van der Waals surface area contributed by atoms with Crippen LogP contribution in [0.4, 0.5) is 4.39 Å². The summed E-state index contributed by atoms with van der Waals surface area (Å²) in [7, 11) is 0. The second-order valence-corrected chi connectivity index (χ2v) is 8.32. The third-order valence-corrected chi connectivity index (χ3v) is 6.20. The number of hydrogen-bond donors (Lipinski definition) is 0. The van der Waals surface area contributed by atoms with Gasteiger partial charge in [0.1, 0.15) is 11.6 Å². The Morgan fingerprint density at radius 1 is 0.966 bits per heavy atom. The molecule has 0 aliphatic carbocycles. The molecule has 4 aromatic rings. The Labute approximate surface area is 175 Å². The highest BCUT2D eigenvalue weighted by molar-refractivity contribution is 7.99. The van der Waals surface area contributed by atoms with E-state index in [1.807, 2.05) is 30.0 Å². The Hall–Kier alpha value is -2.59. The standard InChI is InChI=1S/C25H25FN2S/c1-2-17-29-20-14-15-23-24(18-20)28(16-8-11-19-9-4-3-5-10-19)25(27-23)21-12-6-7-13-22(21)26/h3-7,9-10,12-15,18H,2,8,11,16-17H2,1H3. The lowest BCUT2D eigenvalue weighted by Gasteiger charge is -2.11. The van der Waals surface area contributed by atoms with Gasteiger partial charge in [-0.3, -0.25) is 0 Å². The smallest absolute Gasteiger partial charge is 0.144 e. The molecule has 0 radical (unpaired) electrons. The molecule has 3 aromatic carbocycles. The van der Waals surface area contributed by atoms with Gasteiger partial charge in [0.25, 0.3) is 0 Å². The SMILES string of the molecule is CCCSc1ccc2nc(-c3ccccc3F)n(CCCc3ccccc3)c2c1. The molecule has 148 valence electrons. The van der Waals surface area contributed by atoms with Crippen LogP contribution in [0.5, 0.6) is 0 Å². The molecule has 0 spiro atoms. The molecule has 4 heteroatoms. The van der Waals surface area contributed by atoms with Crippen molar-refractivity contribution in [2.45, 2.75) is 37.6 Å². The first-order chi connectivity index (χ1) is 14.3. The van der Waals surface area contributed by atoms with Crippen LogP contribution in [-0.2, 0) is 13.0 Å². The summed E-state index contributed by atoms with van der Waals surface area (Å²) in [5.41, 5.74) is 3.89. The Bertz CT molecular complexity index is 1090. The minimum Gasteiger partial charge on any atom is -0.324 e. The van der Waals surface area contributed by atoms with Crippen LogP contribution >= 0.6 is 11.8 Å². The van der Waals surface area contributed by atoms with E-state index in [-0.39, 0.29) is 5.82 Å². The number of halogens is 1. The number of nitrogens with zero attached hydrogens (tertiary/aromatic N) is 2. The van der Waals surface area contributed by atoms with Gasteiger partial charge in [-0.15, -0.1) is 11.8 Å². The lowest BCUT2D eigenvalue weighted by Crippen LogP contribution is -2.03. The molecule has 0 unspecified atom stereocenters. The van der Waals surface area contributed by atoms with Gasteiger partial charge in [-0.05, 0) is 60.9 Å². The summed E-state index contributed by atoms with van der Waals surface area (Å²) in [6.07, 6.45) is 3.10. The summed E-state index contributed by atoms with van der Waals surface area (Å²) in [6, 6.07) is 23.8. The van der Waals surface area contributed by atoms with Crippen LogP contribution in [0, 0.1) is 5.82 Å². The Balaban J connectivity index is 1.70. The largest absolute Gasteiger partial charge is 0.324 e. The molecule has 0 saturated heterocycles. The Kier molecular flexibility index (Phi) is 6.30. The van der Waals surface area contributed by atoms with Crippen molar-refractivity contribution in [3.63, 3.8) is 0 Å². The summed E-state index contributed by atoms with van der Waals surface area (Å²) in [6.45, 7) is 2.99. The first kappa shape index (κ1) is 19.7. The second-order valence-electron chi connectivity index (χ2n) is 7.16. The van der Waals surface area contributed by atoms with Crippen LogP contribution in [0.3, 0.4) is 0 Å². The van der Waals surface area contributed by atoms with Crippen LogP contribution in [0.15, 0.2) is 77.7 Å². The average Bonchev–Trinajstić information content (AvgIpc) is 3.11. The van der Waals surface area contributed by atoms with E-state index in [4.69, 9.17) is 4.98 Å². The van der Waals surface area contributed by atoms with E-state index in [1.54, 1.807) is 6.07 Å². The molecule has 1 aromatic heterocycles. The fourth-order valence-electron chi connectivity index (χ4n) is 3.57. The van der Waals surface area contributed by atoms with Crippen LogP contribution in [0.25, 0.3) is 22.4 Å². The van der Waals surface area contributed by atoms with Crippen molar-refractivity contribution >= 4 is 22.8 Å². The number of benzene rings is 3. The topological polar surface area (TPSA) is 17.8 Å². The first-order valence-corrected chi connectivity index (χ1v) is 11.2. The van der Waals surface area contributed by atoms with Crippen molar-refractivity contribution in [1.82, 2.24) is 9.55 Å². The van der Waals surface area contributed by atoms with Crippen molar-refractivity contribution in [3.8, 4) is 11.4 Å². The summed E-state index contributed by atoms with van der Waals surface area (Å²) >= 11 is 1.86. The summed E-state index contributed by atoms with van der Waals surface area (Å²) in [5.74, 6) is 1.57. The van der Waals surface area contributed by atoms with Crippen LogP contribution in [-0.4, -0.2) is 15.3 Å². The van der Waals surface area contributed by atoms with Crippen LogP contribution in [0.1, 0.15) is 25.3 Å². The van der Waals surface area contributed by atoms with E-state index < -0.39 is 0 Å². The number of thioether (sulfide) groups is 1. The second kappa shape index (κ2) is 9.27. The monoisotopic (exact) mass is 404 g/mol. The molecular formula is C25H25FN2S. The number of hydrogen-bond acceptors (Lipinski definition) is 2. The van der Waals surface area contributed by atoms with Gasteiger partial charge in [-0.2, -0.15) is 0 Å². The van der Waals surface area contributed by atoms with Gasteiger partial charge in [0, 0.05) is 11.4 Å². The zero-order chi connectivity index (χ0) is 20.1. The van der Waals surface area contributed by atoms with Gasteiger partial charge >= 0.3 is 0 Å². The third kappa shape index (κ3) is 4.54. The van der Waals surface area contributed by atoms with Gasteiger partial charge in [0.05, 0.1) is 16.6 Å². The number of aromatic nitrogens is 2. The summed E-state index contributed by atoms with van der Waals surface area (Å²) < 4.78 is 16.7. The first-order valence-electron chi connectivity index (χ1n) is 10.2. The molecule has 0 fully saturated rings. The van der Waals surface area contributed by atoms with E-state index in [2.05, 4.69) is 54.0 Å². The molecule has 0 amide bonds. The lowest BCUT2D eigenvalue weighted by atomic mass is 10.1. The summed E-state index contributed by atoms with van der Waals surface area (Å²) in [5, 5.41) is 0. The Morgan fingerprint density at radius 2 is 1.76 bits per heavy atom. The van der Waals surface area contributed by atoms with Crippen molar-refractivity contribution in [1.29, 1.82) is 0 Å². The molecule has 1 heterocycles. The van der Waals surface area contributed by atoms with Gasteiger partial charge in [-0.1, -0.05) is 49.4 Å². The fraction of sp³-hybridized carbons (Fsp3) is 0.240. The minimum absolute atomic E-state index is 0.229. The van der Waals surface area contributed by atoms with Crippen LogP contribution in [0.2, 0.25) is 0 Å². The van der Waals surface area contributed by atoms with Crippen molar-refractivity contribution in [2.75, 3.05) is 5.75 Å². The quantitative estimate of drug-likeness (QED) is 0.295. The predicted octanol–water partition coefficient (Wildman–Crippen LogP) is 6.98. The van der Waals surface area contributed by atoms with Crippen LogP contribution < -0.4 is 0 Å². The van der Waals surface area contributed by atoms with Gasteiger partial charge in [0.15, 0.2) is 0 Å². The molecular weight excluding hydrogens is 379 g/mol. The number of imidazole rings is 1. The maximum atomic E-state index is 14.6. The molecule has 4 rings (SSSR count). The fourth-order valence-corrected chi connectivity index (χ4v) is 4.37. The number of aryl methyl sites for hydroxylation is 2. The molecule has 0 aliphatic heterocycles. The van der Waals surface area contributed by atoms with E-state index in [1.165, 1.54) is 16.5 Å². The highest BCUT2D eigenvalue weighted by Crippen LogP contribution is 2.30. The maximum absolute atomic E-state index is 14.6.